The number of ether oxygens (including phenoxy) is 4. The van der Waals surface area contributed by atoms with Crippen molar-refractivity contribution >= 4 is 56.4 Å². The lowest BCUT2D eigenvalue weighted by atomic mass is 9.43. The van der Waals surface area contributed by atoms with Crippen LogP contribution in [0.4, 0.5) is 18.0 Å². The first-order chi connectivity index (χ1) is 39.6. The molecule has 23 nitrogen and oxygen atoms in total. The van der Waals surface area contributed by atoms with E-state index in [0.29, 0.717) is 36.5 Å². The number of carbonyl (C=O) groups excluding carboxylic acids is 4. The Hall–Kier alpha value is -3.94. The number of hydrogen-bond donors (Lipinski definition) is 7. The van der Waals surface area contributed by atoms with E-state index < -0.39 is 80.6 Å². The number of alkyl halides is 3. The Morgan fingerprint density at radius 1 is 0.845 bits per heavy atom. The van der Waals surface area contributed by atoms with Gasteiger partial charge in [0.05, 0.1) is 63.2 Å². The van der Waals surface area contributed by atoms with Crippen LogP contribution in [-0.2, 0) is 58.6 Å². The molecule has 8 rings (SSSR count). The second-order valence-electron chi connectivity index (χ2n) is 24.6. The van der Waals surface area contributed by atoms with Crippen LogP contribution in [0.5, 0.6) is 5.75 Å². The number of hydrogen-bond acceptors (Lipinski definition) is 18. The molecule has 1 aromatic carbocycles. The van der Waals surface area contributed by atoms with Crippen LogP contribution < -0.4 is 26.0 Å². The van der Waals surface area contributed by atoms with Crippen LogP contribution in [0.2, 0.25) is 0 Å². The van der Waals surface area contributed by atoms with Crippen LogP contribution in [0.25, 0.3) is 0 Å². The molecule has 4 amide bonds. The van der Waals surface area contributed by atoms with E-state index >= 15 is 0 Å². The molecule has 3 aliphatic heterocycles. The van der Waals surface area contributed by atoms with Crippen LogP contribution in [0.3, 0.4) is 0 Å². The lowest BCUT2D eigenvalue weighted by Crippen LogP contribution is -2.63. The van der Waals surface area contributed by atoms with Gasteiger partial charge in [-0.2, -0.15) is 41.8 Å². The van der Waals surface area contributed by atoms with Gasteiger partial charge >= 0.3 is 44.6 Å². The molecular weight excluding hydrogens is 1170 g/mol. The van der Waals surface area contributed by atoms with Gasteiger partial charge in [-0.25, -0.2) is 13.2 Å². The first-order valence-electron chi connectivity index (χ1n) is 29.4. The minimum absolute atomic E-state index is 0.0109. The zero-order chi connectivity index (χ0) is 60.8. The summed E-state index contributed by atoms with van der Waals surface area (Å²) in [6, 6.07) is 3.36. The minimum Gasteiger partial charge on any atom is -0.490 e. The number of halogens is 3. The van der Waals surface area contributed by atoms with Crippen molar-refractivity contribution in [2.75, 3.05) is 58.5 Å². The molecule has 84 heavy (non-hydrogen) atoms. The average molecular weight is 1250 g/mol. The van der Waals surface area contributed by atoms with Crippen molar-refractivity contribution in [3.8, 4) is 5.75 Å². The monoisotopic (exact) mass is 1250 g/mol. The quantitative estimate of drug-likeness (QED) is 0.0173. The number of benzene rings is 1. The number of carbonyl (C=O) groups is 4. The number of esters is 1. The van der Waals surface area contributed by atoms with Crippen molar-refractivity contribution in [3.63, 3.8) is 0 Å². The summed E-state index contributed by atoms with van der Waals surface area (Å²) in [4.78, 5) is 51.4. The highest BCUT2D eigenvalue weighted by Gasteiger charge is 2.67. The van der Waals surface area contributed by atoms with Gasteiger partial charge in [0.25, 0.3) is 5.91 Å². The molecule has 4 aliphatic carbocycles. The molecular formula is C55H83F3N6O17S3. The number of urea groups is 1. The maximum atomic E-state index is 14.1. The molecule has 29 heteroatoms. The molecule has 15 atom stereocenters. The van der Waals surface area contributed by atoms with E-state index in [-0.39, 0.29) is 129 Å². The summed E-state index contributed by atoms with van der Waals surface area (Å²) < 4.78 is 140. The molecule has 4 saturated carbocycles. The molecule has 0 unspecified atom stereocenters. The Morgan fingerprint density at radius 2 is 1.56 bits per heavy atom. The molecule has 3 heterocycles. The van der Waals surface area contributed by atoms with Crippen LogP contribution >= 0.6 is 11.8 Å². The Bertz CT molecular complexity index is 2750. The third-order valence-electron chi connectivity index (χ3n) is 19.3. The van der Waals surface area contributed by atoms with E-state index in [1.54, 1.807) is 0 Å². The predicted octanol–water partition coefficient (Wildman–Crippen LogP) is 6.84. The normalized spacial score (nSPS) is 32.0. The molecule has 7 N–H and O–H groups in total. The zero-order valence-corrected chi connectivity index (χ0v) is 50.5. The smallest absolute Gasteiger partial charge is 0.442 e. The summed E-state index contributed by atoms with van der Waals surface area (Å²) in [7, 11) is -9.53. The maximum absolute atomic E-state index is 14.1. The number of nitrogens with one attached hydrogen (secondary N) is 4. The number of fused-ring (bicyclic) bond motifs is 6. The van der Waals surface area contributed by atoms with Gasteiger partial charge in [0.2, 0.25) is 5.91 Å². The zero-order valence-electron chi connectivity index (χ0n) is 48.0. The third kappa shape index (κ3) is 16.0. The molecule has 6 fully saturated rings. The van der Waals surface area contributed by atoms with Gasteiger partial charge in [-0.05, 0) is 123 Å². The Labute approximate surface area is 493 Å². The molecule has 7 aliphatic rings. The number of aliphatic hydroxyl groups is 1. The summed E-state index contributed by atoms with van der Waals surface area (Å²) in [6.07, 6.45) is 1.10. The van der Waals surface area contributed by atoms with Gasteiger partial charge in [-0.1, -0.05) is 53.0 Å². The third-order valence-corrected chi connectivity index (χ3v) is 21.7. The number of nitrogens with zero attached hydrogens (tertiary/aromatic N) is 2. The van der Waals surface area contributed by atoms with E-state index in [9.17, 15) is 58.8 Å². The molecule has 2 saturated heterocycles. The molecule has 0 aromatic heterocycles. The van der Waals surface area contributed by atoms with Crippen molar-refractivity contribution in [1.82, 2.24) is 21.3 Å². The fraction of sp³-hybridized carbons (Fsp3) is 0.818. The summed E-state index contributed by atoms with van der Waals surface area (Å²) in [6.45, 7) is 8.69. The maximum Gasteiger partial charge on any atom is 0.442 e. The lowest BCUT2D eigenvalue weighted by molar-refractivity contribution is -0.215. The second-order valence-corrected chi connectivity index (χ2v) is 28.0. The van der Waals surface area contributed by atoms with Crippen molar-refractivity contribution < 1.29 is 90.7 Å². The predicted molar refractivity (Wildman–Crippen MR) is 298 cm³/mol. The highest BCUT2D eigenvalue weighted by atomic mass is 32.3. The summed E-state index contributed by atoms with van der Waals surface area (Å²) in [5, 5.41) is 30.3. The van der Waals surface area contributed by atoms with Crippen molar-refractivity contribution in [2.24, 2.45) is 62.5 Å². The number of aliphatic hydroxyl groups excluding tert-OH is 1. The number of amides is 4. The first kappa shape index (κ1) is 66.0. The first-order valence-corrected chi connectivity index (χ1v) is 33.2. The summed E-state index contributed by atoms with van der Waals surface area (Å²) >= 11 is 1.83. The van der Waals surface area contributed by atoms with Crippen molar-refractivity contribution in [3.05, 3.63) is 29.3 Å². The standard InChI is InChI=1S/C55H83F3N6O17S3/c1-32(30-79-83(70,71)72)8-7-9-33(2)36-14-15-37-47-38(16-19-52(36,37)3)53(4)20-17-42(81-84(73,74)75)49(39(53)29-41(47)65)80-46(67)18-21-60-50(68)35-13-12-34(54(63-64-54)55(56,57)58)28-43(35)78-27-26-77-25-24-76-23-22-59-45(66)11-6-5-10-44-48-40(31-82-44)61-51(69)62-48/h12-13,28,32-33,36-42,44,47-49,65H,5-11,14-27,29-31H2,1-4H3,(H,59,66)(H,60,68)(H2,61,62,69)(H,70,71,72)(H,73,74,75)/t32-,33+,36+,37-,38-,39-,40-,41+,42+,44-,47-,48-,49+,52+,53+/m0/s1. The second kappa shape index (κ2) is 27.6. The molecule has 0 spiro atoms. The van der Waals surface area contributed by atoms with Gasteiger partial charge in [0.15, 0.2) is 0 Å². The molecule has 474 valence electrons. The number of rotatable bonds is 31. The van der Waals surface area contributed by atoms with E-state index in [4.69, 9.17) is 27.7 Å². The average Bonchev–Trinajstić information content (AvgIpc) is 2.03. The van der Waals surface area contributed by atoms with Crippen molar-refractivity contribution in [2.45, 2.75) is 171 Å². The van der Waals surface area contributed by atoms with E-state index in [1.165, 1.54) is 0 Å². The van der Waals surface area contributed by atoms with Gasteiger partial charge in [-0.15, -0.1) is 10.2 Å². The Morgan fingerprint density at radius 3 is 2.27 bits per heavy atom. The van der Waals surface area contributed by atoms with Gasteiger partial charge < -0.3 is 45.3 Å². The Balaban J connectivity index is 0.800. The van der Waals surface area contributed by atoms with Gasteiger partial charge in [0.1, 0.15) is 24.6 Å². The summed E-state index contributed by atoms with van der Waals surface area (Å²) in [5.41, 5.74) is -3.98. The highest BCUT2D eigenvalue weighted by Crippen LogP contribution is 2.69. The Kier molecular flexibility index (Phi) is 21.7. The van der Waals surface area contributed by atoms with Gasteiger partial charge in [-0.3, -0.25) is 23.5 Å². The van der Waals surface area contributed by atoms with Crippen LogP contribution in [0, 0.1) is 52.3 Å². The van der Waals surface area contributed by atoms with Crippen LogP contribution in [-0.4, -0.2) is 155 Å². The van der Waals surface area contributed by atoms with E-state index in [1.807, 2.05) is 18.7 Å². The van der Waals surface area contributed by atoms with E-state index in [0.717, 1.165) is 88.2 Å². The fourth-order valence-corrected chi connectivity index (χ4v) is 17.6. The molecule has 0 bridgehead atoms. The fourth-order valence-electron chi connectivity index (χ4n) is 15.1. The minimum atomic E-state index is -5.02. The molecule has 0 radical (unpaired) electrons. The SMILES string of the molecule is C[C@@H](CCC[C@@H](C)[C@H]1CC[C@H]2[C@@H]3[C@H](O)C[C@H]4[C@@H](OC(=O)CCNC(=O)c5ccc(C6(C(F)(F)F)N=N6)cc5OCCOCCOCCNC(=O)CCCC[C@@H]5SC[C@@H]6NC(=O)N[C@@H]65)[C@H](OS(=O)(=O)O)CC[C@]4(C)[C@H]3CC[C@]12C)COS(=O)(=O)O. The largest absolute Gasteiger partial charge is 0.490 e. The topological polar surface area (TPSA) is 325 Å². The van der Waals surface area contributed by atoms with E-state index in [2.05, 4.69) is 56.4 Å². The lowest BCUT2D eigenvalue weighted by Gasteiger charge is -2.63. The van der Waals surface area contributed by atoms with Crippen molar-refractivity contribution in [1.29, 1.82) is 0 Å². The number of thioether (sulfide) groups is 1. The highest BCUT2D eigenvalue weighted by molar-refractivity contribution is 8.00. The van der Waals surface area contributed by atoms with Gasteiger partial charge in [0, 0.05) is 42.0 Å². The number of unbranched alkanes of at least 4 members (excludes halogenated alkanes) is 1. The van der Waals surface area contributed by atoms with Crippen LogP contribution in [0.15, 0.2) is 28.4 Å². The van der Waals surface area contributed by atoms with Crippen LogP contribution in [0.1, 0.15) is 140 Å². The summed E-state index contributed by atoms with van der Waals surface area (Å²) in [5.74, 6) is -0.899. The molecule has 1 aromatic rings.